The SMILES string of the molecule is COc1cccc(-c2nnc3ccc(OCCNC(=O)c4sc(-c5ccccc5)nc4C)nn23)c1. The number of benzene rings is 2. The van der Waals surface area contributed by atoms with Gasteiger partial charge in [0.05, 0.1) is 19.3 Å². The van der Waals surface area contributed by atoms with Gasteiger partial charge in [0.15, 0.2) is 11.5 Å². The average Bonchev–Trinajstić information content (AvgIpc) is 3.50. The third-order valence-electron chi connectivity index (χ3n) is 5.23. The number of fused-ring (bicyclic) bond motifs is 1. The lowest BCUT2D eigenvalue weighted by molar-refractivity contribution is 0.0949. The number of methoxy groups -OCH3 is 1. The Hall–Kier alpha value is -4.31. The Labute approximate surface area is 205 Å². The molecule has 0 fully saturated rings. The van der Waals surface area contributed by atoms with Crippen LogP contribution in [0.4, 0.5) is 0 Å². The fourth-order valence-corrected chi connectivity index (χ4v) is 4.49. The topological polar surface area (TPSA) is 104 Å². The van der Waals surface area contributed by atoms with Gasteiger partial charge in [-0.05, 0) is 25.1 Å². The van der Waals surface area contributed by atoms with Gasteiger partial charge in [-0.3, -0.25) is 4.79 Å². The summed E-state index contributed by atoms with van der Waals surface area (Å²) in [5, 5.41) is 16.6. The van der Waals surface area contributed by atoms with Gasteiger partial charge >= 0.3 is 0 Å². The summed E-state index contributed by atoms with van der Waals surface area (Å²) in [6.45, 7) is 2.41. The Kier molecular flexibility index (Phi) is 6.36. The molecule has 5 rings (SSSR count). The average molecular weight is 487 g/mol. The van der Waals surface area contributed by atoms with E-state index in [-0.39, 0.29) is 12.5 Å². The molecular weight excluding hydrogens is 464 g/mol. The van der Waals surface area contributed by atoms with E-state index in [0.717, 1.165) is 21.9 Å². The molecule has 1 amide bonds. The first-order valence-electron chi connectivity index (χ1n) is 10.9. The van der Waals surface area contributed by atoms with Crippen molar-refractivity contribution in [2.24, 2.45) is 0 Å². The maximum Gasteiger partial charge on any atom is 0.263 e. The second kappa shape index (κ2) is 9.90. The van der Waals surface area contributed by atoms with Gasteiger partial charge in [-0.2, -0.15) is 4.52 Å². The summed E-state index contributed by atoms with van der Waals surface area (Å²) >= 11 is 1.38. The van der Waals surface area contributed by atoms with E-state index in [2.05, 4.69) is 25.6 Å². The molecule has 0 saturated heterocycles. The van der Waals surface area contributed by atoms with E-state index in [1.165, 1.54) is 11.3 Å². The minimum absolute atomic E-state index is 0.173. The molecule has 0 bridgehead atoms. The van der Waals surface area contributed by atoms with Crippen molar-refractivity contribution in [3.8, 4) is 33.6 Å². The van der Waals surface area contributed by atoms with Crippen molar-refractivity contribution in [3.63, 3.8) is 0 Å². The predicted molar refractivity (Wildman–Crippen MR) is 133 cm³/mol. The van der Waals surface area contributed by atoms with Gasteiger partial charge in [0, 0.05) is 17.2 Å². The lowest BCUT2D eigenvalue weighted by Crippen LogP contribution is -2.28. The van der Waals surface area contributed by atoms with Gasteiger partial charge in [-0.15, -0.1) is 26.6 Å². The van der Waals surface area contributed by atoms with E-state index >= 15 is 0 Å². The Morgan fingerprint density at radius 3 is 2.69 bits per heavy atom. The number of rotatable bonds is 8. The Bertz CT molecular complexity index is 1480. The van der Waals surface area contributed by atoms with Crippen molar-refractivity contribution in [2.75, 3.05) is 20.3 Å². The number of thiazole rings is 1. The summed E-state index contributed by atoms with van der Waals surface area (Å²) in [5.74, 6) is 1.52. The maximum atomic E-state index is 12.7. The van der Waals surface area contributed by atoms with Crippen LogP contribution in [0.3, 0.4) is 0 Å². The zero-order valence-corrected chi connectivity index (χ0v) is 20.0. The van der Waals surface area contributed by atoms with Gasteiger partial charge in [0.25, 0.3) is 5.91 Å². The molecule has 3 heterocycles. The van der Waals surface area contributed by atoms with E-state index in [0.29, 0.717) is 34.5 Å². The van der Waals surface area contributed by atoms with E-state index in [1.807, 2.05) is 61.5 Å². The van der Waals surface area contributed by atoms with Crippen molar-refractivity contribution < 1.29 is 14.3 Å². The molecule has 0 aliphatic rings. The number of hydrogen-bond donors (Lipinski definition) is 1. The highest BCUT2D eigenvalue weighted by Gasteiger charge is 2.16. The minimum Gasteiger partial charge on any atom is -0.497 e. The number of carbonyl (C=O) groups excluding carboxylic acids is 1. The first kappa shape index (κ1) is 22.5. The molecule has 0 atom stereocenters. The van der Waals surface area contributed by atoms with E-state index in [9.17, 15) is 4.79 Å². The van der Waals surface area contributed by atoms with E-state index < -0.39 is 0 Å². The number of aryl methyl sites for hydroxylation is 1. The first-order valence-corrected chi connectivity index (χ1v) is 11.7. The van der Waals surface area contributed by atoms with Gasteiger partial charge < -0.3 is 14.8 Å². The van der Waals surface area contributed by atoms with Crippen molar-refractivity contribution in [2.45, 2.75) is 6.92 Å². The first-order chi connectivity index (χ1) is 17.1. The molecular formula is C25H22N6O3S. The summed E-state index contributed by atoms with van der Waals surface area (Å²) in [4.78, 5) is 17.8. The Balaban J connectivity index is 1.22. The highest BCUT2D eigenvalue weighted by molar-refractivity contribution is 7.17. The fourth-order valence-electron chi connectivity index (χ4n) is 3.50. The third-order valence-corrected chi connectivity index (χ3v) is 6.43. The molecule has 0 aliphatic heterocycles. The Morgan fingerprint density at radius 1 is 1.03 bits per heavy atom. The van der Waals surface area contributed by atoms with Crippen molar-refractivity contribution in [1.82, 2.24) is 30.1 Å². The molecule has 0 aliphatic carbocycles. The zero-order valence-electron chi connectivity index (χ0n) is 19.1. The number of amides is 1. The largest absolute Gasteiger partial charge is 0.497 e. The molecule has 0 unspecified atom stereocenters. The lowest BCUT2D eigenvalue weighted by Gasteiger charge is -2.07. The zero-order chi connectivity index (χ0) is 24.2. The fraction of sp³-hybridized carbons (Fsp3) is 0.160. The number of aromatic nitrogens is 5. The molecule has 0 spiro atoms. The smallest absolute Gasteiger partial charge is 0.263 e. The normalized spacial score (nSPS) is 10.9. The van der Waals surface area contributed by atoms with Crippen LogP contribution in [0.25, 0.3) is 27.6 Å². The summed E-state index contributed by atoms with van der Waals surface area (Å²) in [7, 11) is 1.61. The standard InChI is InChI=1S/C25H22N6O3S/c1-16-22(35-25(27-16)17-7-4-3-5-8-17)24(32)26-13-14-34-21-12-11-20-28-29-23(31(20)30-21)18-9-6-10-19(15-18)33-2/h3-12,15H,13-14H2,1-2H3,(H,26,32). The molecule has 0 saturated carbocycles. The molecule has 176 valence electrons. The van der Waals surface area contributed by atoms with Crippen molar-refractivity contribution >= 4 is 22.9 Å². The Morgan fingerprint density at radius 2 is 1.86 bits per heavy atom. The van der Waals surface area contributed by atoms with Gasteiger partial charge in [-0.1, -0.05) is 42.5 Å². The van der Waals surface area contributed by atoms with Crippen LogP contribution in [0.1, 0.15) is 15.4 Å². The van der Waals surface area contributed by atoms with Crippen LogP contribution in [0.15, 0.2) is 66.7 Å². The second-order valence-corrected chi connectivity index (χ2v) is 8.60. The molecule has 1 N–H and O–H groups in total. The van der Waals surface area contributed by atoms with E-state index in [1.54, 1.807) is 23.8 Å². The predicted octanol–water partition coefficient (Wildman–Crippen LogP) is 4.04. The van der Waals surface area contributed by atoms with Crippen LogP contribution in [0.2, 0.25) is 0 Å². The van der Waals surface area contributed by atoms with Crippen molar-refractivity contribution in [3.05, 3.63) is 77.3 Å². The van der Waals surface area contributed by atoms with Crippen LogP contribution in [-0.2, 0) is 0 Å². The van der Waals surface area contributed by atoms with Crippen molar-refractivity contribution in [1.29, 1.82) is 0 Å². The van der Waals surface area contributed by atoms with Crippen LogP contribution < -0.4 is 14.8 Å². The van der Waals surface area contributed by atoms with Crippen LogP contribution in [0, 0.1) is 6.92 Å². The second-order valence-electron chi connectivity index (χ2n) is 7.60. The van der Waals surface area contributed by atoms with Crippen LogP contribution in [-0.4, -0.2) is 51.0 Å². The molecule has 10 heteroatoms. The molecule has 35 heavy (non-hydrogen) atoms. The number of nitrogens with zero attached hydrogens (tertiary/aromatic N) is 5. The lowest BCUT2D eigenvalue weighted by atomic mass is 10.2. The maximum absolute atomic E-state index is 12.7. The number of hydrogen-bond acceptors (Lipinski definition) is 8. The summed E-state index contributed by atoms with van der Waals surface area (Å²) in [6.07, 6.45) is 0. The third kappa shape index (κ3) is 4.82. The van der Waals surface area contributed by atoms with Gasteiger partial charge in [0.2, 0.25) is 5.88 Å². The number of carbonyl (C=O) groups is 1. The van der Waals surface area contributed by atoms with Crippen LogP contribution >= 0.6 is 11.3 Å². The van der Waals surface area contributed by atoms with E-state index in [4.69, 9.17) is 9.47 Å². The number of ether oxygens (including phenoxy) is 2. The number of nitrogens with one attached hydrogen (secondary N) is 1. The monoisotopic (exact) mass is 486 g/mol. The molecule has 0 radical (unpaired) electrons. The summed E-state index contributed by atoms with van der Waals surface area (Å²) in [5.41, 5.74) is 3.12. The van der Waals surface area contributed by atoms with Gasteiger partial charge in [-0.25, -0.2) is 4.98 Å². The van der Waals surface area contributed by atoms with Gasteiger partial charge in [0.1, 0.15) is 22.2 Å². The molecule has 3 aromatic heterocycles. The van der Waals surface area contributed by atoms with Crippen LogP contribution in [0.5, 0.6) is 11.6 Å². The summed E-state index contributed by atoms with van der Waals surface area (Å²) in [6, 6.07) is 20.8. The molecule has 2 aromatic carbocycles. The summed E-state index contributed by atoms with van der Waals surface area (Å²) < 4.78 is 12.7. The highest BCUT2D eigenvalue weighted by atomic mass is 32.1. The minimum atomic E-state index is -0.173. The molecule has 9 nitrogen and oxygen atoms in total. The highest BCUT2D eigenvalue weighted by Crippen LogP contribution is 2.27. The molecule has 5 aromatic rings. The quantitative estimate of drug-likeness (QED) is 0.330.